The molecule has 8 nitrogen and oxygen atoms in total. The molecule has 2 aromatic carbocycles. The number of nitrogens with one attached hydrogen (secondary N) is 1. The van der Waals surface area contributed by atoms with Gasteiger partial charge < -0.3 is 9.52 Å². The third kappa shape index (κ3) is 4.21. The number of aliphatic carboxylic acids is 1. The van der Waals surface area contributed by atoms with Crippen LogP contribution in [-0.4, -0.2) is 35.7 Å². The predicted molar refractivity (Wildman–Crippen MR) is 97.3 cm³/mol. The fourth-order valence-electron chi connectivity index (χ4n) is 2.30. The Labute approximate surface area is 155 Å². The van der Waals surface area contributed by atoms with Crippen LogP contribution in [0.1, 0.15) is 12.5 Å². The van der Waals surface area contributed by atoms with Crippen LogP contribution in [0.25, 0.3) is 22.9 Å². The molecule has 1 aromatic heterocycles. The van der Waals surface area contributed by atoms with E-state index in [4.69, 9.17) is 9.52 Å². The van der Waals surface area contributed by atoms with Crippen LogP contribution in [0, 0.1) is 6.92 Å². The predicted octanol–water partition coefficient (Wildman–Crippen LogP) is 2.46. The monoisotopic (exact) mass is 387 g/mol. The number of carboxylic acid groups (broad SMARTS) is 1. The number of rotatable bonds is 6. The van der Waals surface area contributed by atoms with Gasteiger partial charge in [-0.05, 0) is 44.2 Å². The van der Waals surface area contributed by atoms with Gasteiger partial charge in [0.05, 0.1) is 4.90 Å². The van der Waals surface area contributed by atoms with Crippen molar-refractivity contribution in [1.29, 1.82) is 0 Å². The number of aromatic nitrogens is 2. The molecule has 0 fully saturated rings. The number of nitrogens with zero attached hydrogens (tertiary/aromatic N) is 2. The molecule has 0 aliphatic rings. The van der Waals surface area contributed by atoms with E-state index in [1.54, 1.807) is 6.07 Å². The lowest BCUT2D eigenvalue weighted by Gasteiger charge is -2.10. The summed E-state index contributed by atoms with van der Waals surface area (Å²) in [6, 6.07) is 12.1. The van der Waals surface area contributed by atoms with Crippen molar-refractivity contribution < 1.29 is 22.7 Å². The van der Waals surface area contributed by atoms with Crippen LogP contribution in [0.4, 0.5) is 0 Å². The van der Waals surface area contributed by atoms with E-state index >= 15 is 0 Å². The van der Waals surface area contributed by atoms with Crippen LogP contribution in [0.15, 0.2) is 57.8 Å². The first-order valence-electron chi connectivity index (χ1n) is 8.02. The Bertz CT molecular complexity index is 1070. The van der Waals surface area contributed by atoms with E-state index in [0.29, 0.717) is 11.5 Å². The molecule has 0 bridgehead atoms. The van der Waals surface area contributed by atoms with Crippen molar-refractivity contribution in [1.82, 2.24) is 14.9 Å². The van der Waals surface area contributed by atoms with Crippen molar-refractivity contribution in [3.05, 3.63) is 54.1 Å². The van der Waals surface area contributed by atoms with Crippen LogP contribution in [0.5, 0.6) is 0 Å². The van der Waals surface area contributed by atoms with E-state index < -0.39 is 22.0 Å². The first kappa shape index (κ1) is 18.7. The quantitative estimate of drug-likeness (QED) is 0.666. The fourth-order valence-corrected chi connectivity index (χ4v) is 3.54. The number of benzene rings is 2. The molecule has 2 N–H and O–H groups in total. The number of sulfonamides is 1. The van der Waals surface area contributed by atoms with Gasteiger partial charge in [-0.1, -0.05) is 23.8 Å². The maximum atomic E-state index is 12.3. The van der Waals surface area contributed by atoms with E-state index in [2.05, 4.69) is 14.9 Å². The van der Waals surface area contributed by atoms with Gasteiger partial charge in [0.2, 0.25) is 21.8 Å². The molecule has 3 rings (SSSR count). The van der Waals surface area contributed by atoms with E-state index in [9.17, 15) is 13.2 Å². The summed E-state index contributed by atoms with van der Waals surface area (Å²) < 4.78 is 32.4. The lowest BCUT2D eigenvalue weighted by molar-refractivity contribution is -0.138. The molecule has 0 amide bonds. The third-order valence-corrected chi connectivity index (χ3v) is 5.36. The second kappa shape index (κ2) is 7.29. The highest BCUT2D eigenvalue weighted by Gasteiger charge is 2.22. The lowest BCUT2D eigenvalue weighted by atomic mass is 10.1. The summed E-state index contributed by atoms with van der Waals surface area (Å²) in [5.41, 5.74) is 2.26. The smallest absolute Gasteiger partial charge is 0.321 e. The molecule has 0 saturated heterocycles. The maximum Gasteiger partial charge on any atom is 0.321 e. The number of hydrogen-bond donors (Lipinski definition) is 2. The van der Waals surface area contributed by atoms with Gasteiger partial charge in [-0.3, -0.25) is 4.79 Å². The molecule has 1 unspecified atom stereocenters. The van der Waals surface area contributed by atoms with E-state index in [0.717, 1.165) is 11.1 Å². The Balaban J connectivity index is 1.90. The molecule has 3 aromatic rings. The molecule has 140 valence electrons. The Hall–Kier alpha value is -3.04. The van der Waals surface area contributed by atoms with Crippen LogP contribution in [-0.2, 0) is 14.8 Å². The van der Waals surface area contributed by atoms with E-state index in [1.165, 1.54) is 25.1 Å². The van der Waals surface area contributed by atoms with Gasteiger partial charge in [0.1, 0.15) is 6.04 Å². The van der Waals surface area contributed by atoms with Gasteiger partial charge in [-0.15, -0.1) is 10.2 Å². The molecule has 9 heteroatoms. The molecule has 0 spiro atoms. The van der Waals surface area contributed by atoms with Crippen molar-refractivity contribution in [2.75, 3.05) is 0 Å². The normalized spacial score (nSPS) is 12.7. The summed E-state index contributed by atoms with van der Waals surface area (Å²) in [6.07, 6.45) is 0. The molecule has 0 saturated carbocycles. The standard InChI is InChI=1S/C18H17N3O5S/c1-11-6-8-13(9-7-11)16-19-20-17(26-16)14-4-3-5-15(10-14)27(24,25)21-12(2)18(22)23/h3-10,12,21H,1-2H3,(H,22,23). The molecular weight excluding hydrogens is 370 g/mol. The topological polar surface area (TPSA) is 122 Å². The number of carbonyl (C=O) groups is 1. The summed E-state index contributed by atoms with van der Waals surface area (Å²) in [7, 11) is -4.01. The highest BCUT2D eigenvalue weighted by Crippen LogP contribution is 2.25. The van der Waals surface area contributed by atoms with Gasteiger partial charge in [-0.25, -0.2) is 8.42 Å². The van der Waals surface area contributed by atoms with Gasteiger partial charge in [0.15, 0.2) is 0 Å². The Morgan fingerprint density at radius 3 is 2.33 bits per heavy atom. The zero-order valence-corrected chi connectivity index (χ0v) is 15.4. The zero-order chi connectivity index (χ0) is 19.6. The first-order valence-corrected chi connectivity index (χ1v) is 9.51. The summed E-state index contributed by atoms with van der Waals surface area (Å²) in [5.74, 6) is -0.792. The number of aryl methyl sites for hydroxylation is 1. The molecule has 27 heavy (non-hydrogen) atoms. The van der Waals surface area contributed by atoms with Gasteiger partial charge >= 0.3 is 5.97 Å². The van der Waals surface area contributed by atoms with Gasteiger partial charge in [0, 0.05) is 11.1 Å². The van der Waals surface area contributed by atoms with Gasteiger partial charge in [-0.2, -0.15) is 4.72 Å². The highest BCUT2D eigenvalue weighted by atomic mass is 32.2. The third-order valence-electron chi connectivity index (χ3n) is 3.82. The first-order chi connectivity index (χ1) is 12.8. The Morgan fingerprint density at radius 1 is 1.07 bits per heavy atom. The summed E-state index contributed by atoms with van der Waals surface area (Å²) in [4.78, 5) is 10.8. The van der Waals surface area contributed by atoms with Crippen molar-refractivity contribution in [2.24, 2.45) is 0 Å². The van der Waals surface area contributed by atoms with E-state index in [-0.39, 0.29) is 10.8 Å². The second-order valence-corrected chi connectivity index (χ2v) is 7.70. The minimum atomic E-state index is -4.01. The molecule has 1 heterocycles. The van der Waals surface area contributed by atoms with Crippen LogP contribution >= 0.6 is 0 Å². The average Bonchev–Trinajstić information content (AvgIpc) is 3.12. The maximum absolute atomic E-state index is 12.3. The molecular formula is C18H17N3O5S. The summed E-state index contributed by atoms with van der Waals surface area (Å²) >= 11 is 0. The van der Waals surface area contributed by atoms with Gasteiger partial charge in [0.25, 0.3) is 0 Å². The SMILES string of the molecule is Cc1ccc(-c2nnc(-c3cccc(S(=O)(=O)NC(C)C(=O)O)c3)o2)cc1. The molecule has 1 atom stereocenters. The Morgan fingerprint density at radius 2 is 1.70 bits per heavy atom. The van der Waals surface area contributed by atoms with Crippen molar-refractivity contribution in [2.45, 2.75) is 24.8 Å². The van der Waals surface area contributed by atoms with Crippen molar-refractivity contribution in [3.8, 4) is 22.9 Å². The Kier molecular flexibility index (Phi) is 5.06. The summed E-state index contributed by atoms with van der Waals surface area (Å²) in [6.45, 7) is 3.21. The summed E-state index contributed by atoms with van der Waals surface area (Å²) in [5, 5.41) is 16.9. The lowest BCUT2D eigenvalue weighted by Crippen LogP contribution is -2.38. The zero-order valence-electron chi connectivity index (χ0n) is 14.6. The van der Waals surface area contributed by atoms with Crippen LogP contribution in [0.3, 0.4) is 0 Å². The molecule has 0 aliphatic carbocycles. The van der Waals surface area contributed by atoms with Crippen LogP contribution < -0.4 is 4.72 Å². The van der Waals surface area contributed by atoms with Crippen LogP contribution in [0.2, 0.25) is 0 Å². The average molecular weight is 387 g/mol. The fraction of sp³-hybridized carbons (Fsp3) is 0.167. The number of carboxylic acids is 1. The molecule has 0 radical (unpaired) electrons. The minimum absolute atomic E-state index is 0.0943. The molecule has 0 aliphatic heterocycles. The van der Waals surface area contributed by atoms with E-state index in [1.807, 2.05) is 31.2 Å². The largest absolute Gasteiger partial charge is 0.480 e. The second-order valence-electron chi connectivity index (χ2n) is 5.99. The van der Waals surface area contributed by atoms with Crippen molar-refractivity contribution in [3.63, 3.8) is 0 Å². The highest BCUT2D eigenvalue weighted by molar-refractivity contribution is 7.89. The minimum Gasteiger partial charge on any atom is -0.480 e. The number of hydrogen-bond acceptors (Lipinski definition) is 6. The van der Waals surface area contributed by atoms with Crippen molar-refractivity contribution >= 4 is 16.0 Å².